The minimum Gasteiger partial charge on any atom is -0.369 e. The SMILES string of the molecule is C=C/C(Cl)=C(\C(Cl)=C/C)N(CCCC(C)C)CC(C)c1ccccc1.CC(=O)CC(C)c1ccc(F)c(Cl)c1. The first-order chi connectivity index (χ1) is 18.4. The van der Waals surface area contributed by atoms with Gasteiger partial charge in [0.25, 0.3) is 0 Å². The molecule has 6 heteroatoms. The summed E-state index contributed by atoms with van der Waals surface area (Å²) in [6.45, 7) is 17.8. The monoisotopic (exact) mass is 593 g/mol. The summed E-state index contributed by atoms with van der Waals surface area (Å²) in [6.07, 6.45) is 6.32. The quantitative estimate of drug-likeness (QED) is 0.215. The lowest BCUT2D eigenvalue weighted by Crippen LogP contribution is -2.29. The molecule has 0 bridgehead atoms. The van der Waals surface area contributed by atoms with Crippen molar-refractivity contribution in [3.8, 4) is 0 Å². The molecule has 0 amide bonds. The minimum absolute atomic E-state index is 0.0885. The predicted molar refractivity (Wildman–Crippen MR) is 168 cm³/mol. The summed E-state index contributed by atoms with van der Waals surface area (Å²) in [5.74, 6) is 0.854. The molecule has 0 aliphatic rings. The lowest BCUT2D eigenvalue weighted by Gasteiger charge is -2.31. The minimum atomic E-state index is -0.426. The number of carbonyl (C=O) groups is 1. The van der Waals surface area contributed by atoms with Gasteiger partial charge in [0.1, 0.15) is 11.6 Å². The summed E-state index contributed by atoms with van der Waals surface area (Å²) in [7, 11) is 0. The van der Waals surface area contributed by atoms with Crippen molar-refractivity contribution in [3.05, 3.63) is 105 Å². The van der Waals surface area contributed by atoms with Crippen LogP contribution >= 0.6 is 34.8 Å². The van der Waals surface area contributed by atoms with Crippen LogP contribution in [0.25, 0.3) is 0 Å². The Labute approximate surface area is 250 Å². The Bertz CT molecular complexity index is 1110. The molecule has 0 saturated carbocycles. The molecule has 2 unspecified atom stereocenters. The van der Waals surface area contributed by atoms with Crippen LogP contribution in [0.3, 0.4) is 0 Å². The van der Waals surface area contributed by atoms with Crippen molar-refractivity contribution >= 4 is 40.6 Å². The van der Waals surface area contributed by atoms with Gasteiger partial charge in [0, 0.05) is 19.5 Å². The highest BCUT2D eigenvalue weighted by Gasteiger charge is 2.19. The van der Waals surface area contributed by atoms with E-state index in [1.165, 1.54) is 18.1 Å². The van der Waals surface area contributed by atoms with Crippen LogP contribution in [0, 0.1) is 11.7 Å². The molecular weight excluding hydrogens is 552 g/mol. The maximum absolute atomic E-state index is 12.8. The number of hydrogen-bond donors (Lipinski definition) is 0. The summed E-state index contributed by atoms with van der Waals surface area (Å²) < 4.78 is 12.8. The fourth-order valence-electron chi connectivity index (χ4n) is 4.22. The molecule has 0 saturated heterocycles. The predicted octanol–water partition coefficient (Wildman–Crippen LogP) is 10.9. The van der Waals surface area contributed by atoms with Crippen LogP contribution in [-0.2, 0) is 4.79 Å². The van der Waals surface area contributed by atoms with Gasteiger partial charge >= 0.3 is 0 Å². The number of benzene rings is 2. The van der Waals surface area contributed by atoms with E-state index < -0.39 is 5.82 Å². The second kappa shape index (κ2) is 18.3. The Morgan fingerprint density at radius 3 is 2.18 bits per heavy atom. The van der Waals surface area contributed by atoms with E-state index in [4.69, 9.17) is 34.8 Å². The van der Waals surface area contributed by atoms with E-state index in [9.17, 15) is 9.18 Å². The van der Waals surface area contributed by atoms with Crippen LogP contribution in [0.2, 0.25) is 5.02 Å². The van der Waals surface area contributed by atoms with Crippen LogP contribution in [0.1, 0.15) is 83.8 Å². The molecule has 0 fully saturated rings. The largest absolute Gasteiger partial charge is 0.369 e. The number of rotatable bonds is 13. The van der Waals surface area contributed by atoms with Crippen molar-refractivity contribution in [2.45, 2.75) is 72.6 Å². The second-order valence-corrected chi connectivity index (χ2v) is 11.5. The molecule has 0 aromatic heterocycles. The molecule has 2 aromatic carbocycles. The van der Waals surface area contributed by atoms with Crippen molar-refractivity contribution in [2.75, 3.05) is 13.1 Å². The molecule has 214 valence electrons. The maximum atomic E-state index is 12.8. The number of nitrogens with zero attached hydrogens (tertiary/aromatic N) is 1. The van der Waals surface area contributed by atoms with Crippen molar-refractivity contribution in [1.29, 1.82) is 0 Å². The molecule has 0 heterocycles. The summed E-state index contributed by atoms with van der Waals surface area (Å²) in [5.41, 5.74) is 3.10. The number of Topliss-reactive ketones (excluding diaryl/α,β-unsaturated/α-hetero) is 1. The van der Waals surface area contributed by atoms with Gasteiger partial charge in [-0.25, -0.2) is 4.39 Å². The number of hydrogen-bond acceptors (Lipinski definition) is 2. The molecule has 2 aromatic rings. The first-order valence-electron chi connectivity index (χ1n) is 13.5. The molecule has 2 rings (SSSR count). The molecule has 0 aliphatic heterocycles. The van der Waals surface area contributed by atoms with Crippen LogP contribution < -0.4 is 0 Å². The van der Waals surface area contributed by atoms with Gasteiger partial charge in [0.15, 0.2) is 0 Å². The number of ketones is 1. The molecule has 0 spiro atoms. The van der Waals surface area contributed by atoms with E-state index in [1.807, 2.05) is 26.0 Å². The molecule has 2 nitrogen and oxygen atoms in total. The Hall–Kier alpha value is -2.07. The van der Waals surface area contributed by atoms with Gasteiger partial charge in [-0.15, -0.1) is 0 Å². The van der Waals surface area contributed by atoms with Crippen LogP contribution in [0.4, 0.5) is 4.39 Å². The van der Waals surface area contributed by atoms with E-state index in [-0.39, 0.29) is 16.7 Å². The third-order valence-corrected chi connectivity index (χ3v) is 7.40. The number of carbonyl (C=O) groups excluding carboxylic acids is 1. The molecule has 0 N–H and O–H groups in total. The van der Waals surface area contributed by atoms with Gasteiger partial charge in [-0.1, -0.05) is 112 Å². The van der Waals surface area contributed by atoms with Gasteiger partial charge in [-0.2, -0.15) is 0 Å². The molecule has 0 radical (unpaired) electrons. The first-order valence-corrected chi connectivity index (χ1v) is 14.6. The highest BCUT2D eigenvalue weighted by atomic mass is 35.5. The summed E-state index contributed by atoms with van der Waals surface area (Å²) in [5, 5.41) is 1.39. The molecule has 0 aliphatic carbocycles. The average Bonchev–Trinajstić information content (AvgIpc) is 2.90. The van der Waals surface area contributed by atoms with E-state index >= 15 is 0 Å². The second-order valence-electron chi connectivity index (χ2n) is 10.3. The highest BCUT2D eigenvalue weighted by molar-refractivity contribution is 6.36. The third-order valence-electron chi connectivity index (χ3n) is 6.38. The zero-order chi connectivity index (χ0) is 29.5. The Balaban J connectivity index is 0.000000457. The lowest BCUT2D eigenvalue weighted by atomic mass is 9.96. The average molecular weight is 595 g/mol. The summed E-state index contributed by atoms with van der Waals surface area (Å²) in [6, 6.07) is 15.1. The van der Waals surface area contributed by atoms with E-state index in [0.717, 1.165) is 30.8 Å². The highest BCUT2D eigenvalue weighted by Crippen LogP contribution is 2.29. The Morgan fingerprint density at radius 2 is 1.67 bits per heavy atom. The Kier molecular flexibility index (Phi) is 16.4. The topological polar surface area (TPSA) is 20.3 Å². The summed E-state index contributed by atoms with van der Waals surface area (Å²) >= 11 is 18.6. The van der Waals surface area contributed by atoms with Crippen LogP contribution in [0.15, 0.2) is 83.0 Å². The smallest absolute Gasteiger partial charge is 0.141 e. The number of allylic oxidation sites excluding steroid dienone is 4. The van der Waals surface area contributed by atoms with Crippen molar-refractivity contribution < 1.29 is 9.18 Å². The van der Waals surface area contributed by atoms with Crippen LogP contribution in [-0.4, -0.2) is 23.8 Å². The van der Waals surface area contributed by atoms with Gasteiger partial charge in [0.2, 0.25) is 0 Å². The first kappa shape index (κ1) is 35.0. The standard InChI is InChI=1S/C22H31Cl2N.C11H12ClFO/c1-6-20(23)22(21(24)7-2)25(15-11-12-17(3)4)16-18(5)19-13-9-8-10-14-19;1-7(5-8(2)14)9-3-4-11(13)10(12)6-9/h6-10,13-14,17-18H,1,11-12,15-16H2,2-5H3;3-4,6-7H,5H2,1-2H3/b21-7+,22-20-;. The normalized spacial score (nSPS) is 13.7. The van der Waals surface area contributed by atoms with Crippen molar-refractivity contribution in [3.63, 3.8) is 0 Å². The lowest BCUT2D eigenvalue weighted by molar-refractivity contribution is -0.117. The fraction of sp³-hybridized carbons (Fsp3) is 0.424. The van der Waals surface area contributed by atoms with Gasteiger partial charge in [-0.05, 0) is 73.8 Å². The van der Waals surface area contributed by atoms with Crippen LogP contribution in [0.5, 0.6) is 0 Å². The fourth-order valence-corrected chi connectivity index (χ4v) is 4.90. The van der Waals surface area contributed by atoms with E-state index in [2.05, 4.69) is 56.5 Å². The Morgan fingerprint density at radius 1 is 1.03 bits per heavy atom. The van der Waals surface area contributed by atoms with Gasteiger partial charge in [0.05, 0.1) is 20.8 Å². The number of halogens is 4. The third kappa shape index (κ3) is 12.8. The van der Waals surface area contributed by atoms with Gasteiger partial charge < -0.3 is 9.69 Å². The van der Waals surface area contributed by atoms with Crippen molar-refractivity contribution in [1.82, 2.24) is 4.90 Å². The van der Waals surface area contributed by atoms with E-state index in [0.29, 0.717) is 28.3 Å². The zero-order valence-corrected chi connectivity index (χ0v) is 26.4. The zero-order valence-electron chi connectivity index (χ0n) is 24.1. The van der Waals surface area contributed by atoms with Gasteiger partial charge in [-0.3, -0.25) is 0 Å². The maximum Gasteiger partial charge on any atom is 0.141 e. The van der Waals surface area contributed by atoms with Crippen molar-refractivity contribution in [2.24, 2.45) is 5.92 Å². The molecule has 39 heavy (non-hydrogen) atoms. The molecular formula is C33H43Cl3FNO. The summed E-state index contributed by atoms with van der Waals surface area (Å²) in [4.78, 5) is 13.2. The van der Waals surface area contributed by atoms with E-state index in [1.54, 1.807) is 25.1 Å². The molecule has 2 atom stereocenters.